The minimum absolute atomic E-state index is 0.0452. The van der Waals surface area contributed by atoms with Crippen molar-refractivity contribution in [2.75, 3.05) is 37.7 Å². The Morgan fingerprint density at radius 3 is 2.80 bits per heavy atom. The number of nitrogens with zero attached hydrogens (tertiary/aromatic N) is 4. The highest BCUT2D eigenvalue weighted by Crippen LogP contribution is 2.43. The first kappa shape index (κ1) is 29.6. The van der Waals surface area contributed by atoms with Crippen molar-refractivity contribution in [1.82, 2.24) is 14.9 Å². The molecule has 9 nitrogen and oxygen atoms in total. The summed E-state index contributed by atoms with van der Waals surface area (Å²) in [4.78, 5) is 27.8. The molecule has 0 amide bonds. The number of halogens is 2. The molecule has 3 saturated heterocycles. The quantitative estimate of drug-likeness (QED) is 0.293. The van der Waals surface area contributed by atoms with E-state index in [1.54, 1.807) is 19.1 Å². The number of hydrogen-bond acceptors (Lipinski definition) is 9. The van der Waals surface area contributed by atoms with E-state index in [4.69, 9.17) is 19.1 Å². The molecular formula is C35H38F2N4O5. The number of aryl methyl sites for hydroxylation is 2. The van der Waals surface area contributed by atoms with Crippen LogP contribution in [0.15, 0.2) is 33.5 Å². The fourth-order valence-corrected chi connectivity index (χ4v) is 8.84. The van der Waals surface area contributed by atoms with Crippen molar-refractivity contribution in [2.45, 2.75) is 70.2 Å². The summed E-state index contributed by atoms with van der Waals surface area (Å²) in [5.41, 5.74) is 0.636. The molecule has 2 bridgehead atoms. The number of ether oxygens (including phenoxy) is 1. The Morgan fingerprint density at radius 1 is 1.15 bits per heavy atom. The predicted molar refractivity (Wildman–Crippen MR) is 170 cm³/mol. The maximum absolute atomic E-state index is 15.0. The van der Waals surface area contributed by atoms with E-state index in [0.29, 0.717) is 77.7 Å². The summed E-state index contributed by atoms with van der Waals surface area (Å²) in [6, 6.07) is 6.12. The van der Waals surface area contributed by atoms with Gasteiger partial charge in [-0.15, -0.1) is 0 Å². The maximum Gasteiger partial charge on any atom is 0.349 e. The number of aliphatic hydroxyl groups excluding tert-OH is 1. The van der Waals surface area contributed by atoms with Gasteiger partial charge in [0, 0.05) is 43.1 Å². The highest BCUT2D eigenvalue weighted by atomic mass is 19.1. The van der Waals surface area contributed by atoms with Crippen molar-refractivity contribution in [1.29, 1.82) is 0 Å². The maximum atomic E-state index is 15.0. The molecule has 5 heterocycles. The number of hydrogen-bond donors (Lipinski definition) is 2. The molecule has 0 radical (unpaired) electrons. The van der Waals surface area contributed by atoms with Crippen LogP contribution in [-0.4, -0.2) is 75.7 Å². The molecular weight excluding hydrogens is 594 g/mol. The highest BCUT2D eigenvalue weighted by molar-refractivity contribution is 6.02. The first-order valence-electron chi connectivity index (χ1n) is 16.4. The molecule has 242 valence electrons. The van der Waals surface area contributed by atoms with Crippen molar-refractivity contribution in [3.63, 3.8) is 0 Å². The number of alkyl halides is 1. The molecule has 0 unspecified atom stereocenters. The number of fused-ring (bicyclic) bond motifs is 5. The lowest BCUT2D eigenvalue weighted by atomic mass is 9.93. The molecule has 46 heavy (non-hydrogen) atoms. The van der Waals surface area contributed by atoms with Crippen molar-refractivity contribution in [2.24, 2.45) is 11.8 Å². The monoisotopic (exact) mass is 632 g/mol. The number of benzene rings is 2. The summed E-state index contributed by atoms with van der Waals surface area (Å²) in [6.07, 6.45) is 2.91. The summed E-state index contributed by atoms with van der Waals surface area (Å²) in [7, 11) is 0. The fourth-order valence-electron chi connectivity index (χ4n) is 8.84. The van der Waals surface area contributed by atoms with E-state index in [1.165, 1.54) is 12.1 Å². The Bertz CT molecular complexity index is 1930. The average Bonchev–Trinajstić information content (AvgIpc) is 3.65. The topological polar surface area (TPSA) is 112 Å². The lowest BCUT2D eigenvalue weighted by Crippen LogP contribution is -2.43. The van der Waals surface area contributed by atoms with Crippen LogP contribution < -0.4 is 15.3 Å². The molecule has 2 aromatic heterocycles. The molecule has 2 N–H and O–H groups in total. The fraction of sp³-hybridized carbons (Fsp3) is 0.514. The molecule has 4 aliphatic rings. The third kappa shape index (κ3) is 4.65. The first-order valence-corrected chi connectivity index (χ1v) is 16.4. The number of aromatic hydroxyl groups is 1. The van der Waals surface area contributed by atoms with Crippen LogP contribution in [0.1, 0.15) is 50.2 Å². The summed E-state index contributed by atoms with van der Waals surface area (Å²) >= 11 is 0. The number of aromatic nitrogens is 2. The second-order valence-electron chi connectivity index (χ2n) is 13.8. The van der Waals surface area contributed by atoms with Crippen molar-refractivity contribution in [3.8, 4) is 23.1 Å². The molecule has 0 spiro atoms. The normalized spacial score (nSPS) is 27.6. The molecule has 3 aliphatic heterocycles. The van der Waals surface area contributed by atoms with Gasteiger partial charge in [-0.25, -0.2) is 13.6 Å². The third-order valence-corrected chi connectivity index (χ3v) is 10.9. The van der Waals surface area contributed by atoms with Crippen molar-refractivity contribution >= 4 is 27.5 Å². The Morgan fingerprint density at radius 2 is 2.00 bits per heavy atom. The van der Waals surface area contributed by atoms with E-state index >= 15 is 4.39 Å². The second-order valence-corrected chi connectivity index (χ2v) is 13.8. The van der Waals surface area contributed by atoms with Gasteiger partial charge in [0.05, 0.1) is 17.2 Å². The third-order valence-electron chi connectivity index (χ3n) is 10.9. The van der Waals surface area contributed by atoms with Gasteiger partial charge in [0.25, 0.3) is 0 Å². The Hall–Kier alpha value is -3.83. The molecule has 1 aliphatic carbocycles. The van der Waals surface area contributed by atoms with E-state index in [-0.39, 0.29) is 47.2 Å². The van der Waals surface area contributed by atoms with Crippen molar-refractivity contribution < 1.29 is 28.1 Å². The highest BCUT2D eigenvalue weighted by Gasteiger charge is 2.49. The Kier molecular flexibility index (Phi) is 6.99. The van der Waals surface area contributed by atoms with E-state index < -0.39 is 23.4 Å². The van der Waals surface area contributed by atoms with Gasteiger partial charge in [-0.1, -0.05) is 13.0 Å². The van der Waals surface area contributed by atoms with Crippen LogP contribution in [-0.2, 0) is 6.42 Å². The summed E-state index contributed by atoms with van der Waals surface area (Å²) in [6.45, 7) is 6.24. The minimum atomic E-state index is -0.906. The molecule has 11 heteroatoms. The largest absolute Gasteiger partial charge is 0.508 e. The lowest BCUT2D eigenvalue weighted by Gasteiger charge is -2.34. The number of rotatable bonds is 6. The van der Waals surface area contributed by atoms with Gasteiger partial charge >= 0.3 is 11.6 Å². The van der Waals surface area contributed by atoms with Crippen LogP contribution in [0.3, 0.4) is 0 Å². The molecule has 1 saturated carbocycles. The number of piperidine rings is 1. The number of anilines is 1. The van der Waals surface area contributed by atoms with Gasteiger partial charge in [0.1, 0.15) is 35.5 Å². The Labute approximate surface area is 264 Å². The van der Waals surface area contributed by atoms with E-state index in [2.05, 4.69) is 4.90 Å². The Balaban J connectivity index is 1.30. The van der Waals surface area contributed by atoms with E-state index in [0.717, 1.165) is 25.8 Å². The van der Waals surface area contributed by atoms with Crippen LogP contribution in [0.4, 0.5) is 14.6 Å². The van der Waals surface area contributed by atoms with Crippen molar-refractivity contribution in [3.05, 3.63) is 51.6 Å². The minimum Gasteiger partial charge on any atom is -0.508 e. The molecule has 4 fully saturated rings. The molecule has 8 rings (SSSR count). The lowest BCUT2D eigenvalue weighted by molar-refractivity contribution is 0.107. The number of aliphatic hydroxyl groups is 1. The van der Waals surface area contributed by atoms with Gasteiger partial charge < -0.3 is 24.3 Å². The molecule has 5 atom stereocenters. The van der Waals surface area contributed by atoms with Gasteiger partial charge in [-0.2, -0.15) is 9.97 Å². The van der Waals surface area contributed by atoms with Crippen LogP contribution in [0.25, 0.3) is 33.0 Å². The molecule has 4 aromatic rings. The van der Waals surface area contributed by atoms with Gasteiger partial charge in [-0.05, 0) is 86.0 Å². The average molecular weight is 633 g/mol. The zero-order chi connectivity index (χ0) is 31.9. The van der Waals surface area contributed by atoms with Crippen LogP contribution in [0.5, 0.6) is 11.8 Å². The summed E-state index contributed by atoms with van der Waals surface area (Å²) in [5.74, 6) is 0.475. The van der Waals surface area contributed by atoms with E-state index in [9.17, 15) is 19.4 Å². The van der Waals surface area contributed by atoms with Crippen LogP contribution >= 0.6 is 0 Å². The predicted octanol–water partition coefficient (Wildman–Crippen LogP) is 5.28. The van der Waals surface area contributed by atoms with Gasteiger partial charge in [0.2, 0.25) is 0 Å². The zero-order valence-corrected chi connectivity index (χ0v) is 26.1. The standard InChI is InChI=1S/C35H38F2N4O5/c1-3-24-26(37)6-5-20-11-23(42)12-25(28(20)24)31-18(2)30-29(33(44)46-31)32(40-14-19-9-21(15-40)27(43)10-19)39-34(38-30)45-17-35-7-4-8-41(35)16-22(36)13-35/h5-6,11-12,19,21-22,27,42-43H,3-4,7-10,13-17H2,1-2H3/t19-,21-,22+,27+,35-/m0/s1. The van der Waals surface area contributed by atoms with Gasteiger partial charge in [0.15, 0.2) is 5.82 Å². The number of phenols is 1. The molecule has 2 aromatic carbocycles. The smallest absolute Gasteiger partial charge is 0.349 e. The SMILES string of the molecule is CCc1c(F)ccc2cc(O)cc(-c3oc(=O)c4c(N5C[C@H]6C[C@@H](C5)[C@H](O)C6)nc(OC[C@@]56CCCN5C[C@H](F)C6)nc4c3C)c12. The number of phenolic OH excluding ortho intramolecular Hbond substituents is 1. The van der Waals surface area contributed by atoms with Gasteiger partial charge in [-0.3, -0.25) is 4.90 Å². The zero-order valence-electron chi connectivity index (χ0n) is 26.1. The van der Waals surface area contributed by atoms with E-state index in [1.807, 2.05) is 11.8 Å². The first-order chi connectivity index (χ1) is 22.1. The van der Waals surface area contributed by atoms with Crippen LogP contribution in [0, 0.1) is 24.6 Å². The second kappa shape index (κ2) is 10.9. The summed E-state index contributed by atoms with van der Waals surface area (Å²) < 4.78 is 41.9. The summed E-state index contributed by atoms with van der Waals surface area (Å²) in [5, 5.41) is 22.7. The van der Waals surface area contributed by atoms with Crippen LogP contribution in [0.2, 0.25) is 0 Å².